The van der Waals surface area contributed by atoms with Gasteiger partial charge < -0.3 is 15.0 Å². The van der Waals surface area contributed by atoms with Crippen molar-refractivity contribution in [2.45, 2.75) is 39.7 Å². The normalized spacial score (nSPS) is 10.6. The zero-order valence-electron chi connectivity index (χ0n) is 16.4. The first kappa shape index (κ1) is 20.4. The first-order valence-corrected chi connectivity index (χ1v) is 9.21. The summed E-state index contributed by atoms with van der Waals surface area (Å²) in [6.45, 7) is 6.60. The fourth-order valence-corrected chi connectivity index (χ4v) is 2.52. The van der Waals surface area contributed by atoms with E-state index in [2.05, 4.69) is 17.2 Å². The van der Waals surface area contributed by atoms with Crippen LogP contribution in [0, 0.1) is 0 Å². The second-order valence-electron chi connectivity index (χ2n) is 6.63. The van der Waals surface area contributed by atoms with Crippen molar-refractivity contribution in [3.8, 4) is 5.75 Å². The maximum Gasteiger partial charge on any atom is 0.274 e. The van der Waals surface area contributed by atoms with Crippen molar-refractivity contribution < 1.29 is 14.3 Å². The van der Waals surface area contributed by atoms with Gasteiger partial charge in [0, 0.05) is 25.4 Å². The predicted molar refractivity (Wildman–Crippen MR) is 106 cm³/mol. The van der Waals surface area contributed by atoms with E-state index in [0.717, 1.165) is 12.8 Å². The third-order valence-corrected chi connectivity index (χ3v) is 3.93. The van der Waals surface area contributed by atoms with E-state index in [0.29, 0.717) is 23.5 Å². The number of carbonyl (C=O) groups excluding carboxylic acids is 2. The zero-order valence-corrected chi connectivity index (χ0v) is 16.4. The van der Waals surface area contributed by atoms with Crippen LogP contribution in [0.1, 0.15) is 54.5 Å². The first-order chi connectivity index (χ1) is 12.9. The number of hydrogen-bond acceptors (Lipinski definition) is 4. The highest BCUT2D eigenvalue weighted by molar-refractivity contribution is 6.05. The van der Waals surface area contributed by atoms with Gasteiger partial charge in [0.05, 0.1) is 11.8 Å². The van der Waals surface area contributed by atoms with Crippen LogP contribution in [0.2, 0.25) is 0 Å². The SMILES string of the molecule is CCCCN(C)C(=O)c1ccnc(C(=O)Nc2ccccc2OC(C)C)c1. The van der Waals surface area contributed by atoms with Crippen LogP contribution >= 0.6 is 0 Å². The van der Waals surface area contributed by atoms with Gasteiger partial charge in [0.2, 0.25) is 0 Å². The van der Waals surface area contributed by atoms with Crippen LogP contribution in [0.25, 0.3) is 0 Å². The smallest absolute Gasteiger partial charge is 0.274 e. The summed E-state index contributed by atoms with van der Waals surface area (Å²) in [5, 5.41) is 2.81. The number of rotatable bonds is 8. The van der Waals surface area contributed by atoms with Gasteiger partial charge in [-0.25, -0.2) is 0 Å². The van der Waals surface area contributed by atoms with Gasteiger partial charge in [-0.1, -0.05) is 25.5 Å². The molecule has 1 aromatic heterocycles. The first-order valence-electron chi connectivity index (χ1n) is 9.21. The number of carbonyl (C=O) groups is 2. The summed E-state index contributed by atoms with van der Waals surface area (Å²) in [6, 6.07) is 10.4. The lowest BCUT2D eigenvalue weighted by Crippen LogP contribution is -2.28. The van der Waals surface area contributed by atoms with Gasteiger partial charge in [0.25, 0.3) is 11.8 Å². The summed E-state index contributed by atoms with van der Waals surface area (Å²) >= 11 is 0. The van der Waals surface area contributed by atoms with Crippen molar-refractivity contribution in [2.24, 2.45) is 0 Å². The number of para-hydroxylation sites is 2. The molecule has 144 valence electrons. The number of benzene rings is 1. The summed E-state index contributed by atoms with van der Waals surface area (Å²) in [4.78, 5) is 30.9. The molecule has 0 radical (unpaired) electrons. The summed E-state index contributed by atoms with van der Waals surface area (Å²) < 4.78 is 5.72. The molecule has 0 saturated carbocycles. The lowest BCUT2D eigenvalue weighted by molar-refractivity contribution is 0.0793. The molecule has 0 aliphatic rings. The Bertz CT molecular complexity index is 790. The highest BCUT2D eigenvalue weighted by Gasteiger charge is 2.16. The fourth-order valence-electron chi connectivity index (χ4n) is 2.52. The summed E-state index contributed by atoms with van der Waals surface area (Å²) in [5.41, 5.74) is 1.19. The van der Waals surface area contributed by atoms with Crippen molar-refractivity contribution >= 4 is 17.5 Å². The number of aromatic nitrogens is 1. The van der Waals surface area contributed by atoms with Gasteiger partial charge in [-0.3, -0.25) is 14.6 Å². The molecule has 1 aromatic carbocycles. The minimum atomic E-state index is -0.388. The maximum atomic E-state index is 12.6. The largest absolute Gasteiger partial charge is 0.489 e. The highest BCUT2D eigenvalue weighted by atomic mass is 16.5. The minimum absolute atomic E-state index is 0.0132. The number of amides is 2. The summed E-state index contributed by atoms with van der Waals surface area (Å²) in [7, 11) is 1.76. The van der Waals surface area contributed by atoms with Crippen molar-refractivity contribution in [1.82, 2.24) is 9.88 Å². The Balaban J connectivity index is 2.15. The second-order valence-corrected chi connectivity index (χ2v) is 6.63. The Kier molecular flexibility index (Phi) is 7.34. The van der Waals surface area contributed by atoms with Crippen LogP contribution in [0.15, 0.2) is 42.6 Å². The summed E-state index contributed by atoms with van der Waals surface area (Å²) in [6.07, 6.45) is 3.42. The lowest BCUT2D eigenvalue weighted by Gasteiger charge is -2.17. The van der Waals surface area contributed by atoms with Gasteiger partial charge in [0.1, 0.15) is 11.4 Å². The molecule has 1 heterocycles. The molecule has 0 aliphatic carbocycles. The molecule has 2 aromatic rings. The third kappa shape index (κ3) is 5.81. The average molecular weight is 369 g/mol. The van der Waals surface area contributed by atoms with Crippen molar-refractivity contribution in [3.63, 3.8) is 0 Å². The van der Waals surface area contributed by atoms with Gasteiger partial charge in [-0.2, -0.15) is 0 Å². The minimum Gasteiger partial charge on any atom is -0.489 e. The highest BCUT2D eigenvalue weighted by Crippen LogP contribution is 2.25. The van der Waals surface area contributed by atoms with Crippen molar-refractivity contribution in [3.05, 3.63) is 53.9 Å². The van der Waals surface area contributed by atoms with Crippen molar-refractivity contribution in [1.29, 1.82) is 0 Å². The molecule has 0 fully saturated rings. The van der Waals surface area contributed by atoms with Crippen LogP contribution in [0.3, 0.4) is 0 Å². The van der Waals surface area contributed by atoms with E-state index in [4.69, 9.17) is 4.74 Å². The number of nitrogens with one attached hydrogen (secondary N) is 1. The van der Waals surface area contributed by atoms with E-state index < -0.39 is 0 Å². The van der Waals surface area contributed by atoms with Crippen LogP contribution in [0.4, 0.5) is 5.69 Å². The molecule has 2 rings (SSSR count). The third-order valence-electron chi connectivity index (χ3n) is 3.93. The molecular formula is C21H27N3O3. The van der Waals surface area contributed by atoms with E-state index >= 15 is 0 Å². The zero-order chi connectivity index (χ0) is 19.8. The summed E-state index contributed by atoms with van der Waals surface area (Å²) in [5.74, 6) is 0.0801. The topological polar surface area (TPSA) is 71.5 Å². The molecule has 0 unspecified atom stereocenters. The van der Waals surface area contributed by atoms with Gasteiger partial charge in [-0.05, 0) is 44.5 Å². The lowest BCUT2D eigenvalue weighted by atomic mass is 10.2. The Hall–Kier alpha value is -2.89. The molecule has 6 heteroatoms. The van der Waals surface area contributed by atoms with Gasteiger partial charge >= 0.3 is 0 Å². The molecule has 0 atom stereocenters. The number of nitrogens with zero attached hydrogens (tertiary/aromatic N) is 2. The molecule has 6 nitrogen and oxygen atoms in total. The van der Waals surface area contributed by atoms with E-state index in [-0.39, 0.29) is 23.6 Å². The Morgan fingerprint density at radius 3 is 2.67 bits per heavy atom. The van der Waals surface area contributed by atoms with Crippen LogP contribution < -0.4 is 10.1 Å². The number of anilines is 1. The Labute approximate surface area is 160 Å². The molecule has 0 bridgehead atoms. The molecule has 2 amide bonds. The average Bonchev–Trinajstić information content (AvgIpc) is 2.66. The fraction of sp³-hybridized carbons (Fsp3) is 0.381. The maximum absolute atomic E-state index is 12.6. The van der Waals surface area contributed by atoms with Crippen LogP contribution in [0.5, 0.6) is 5.75 Å². The monoisotopic (exact) mass is 369 g/mol. The molecular weight excluding hydrogens is 342 g/mol. The van der Waals surface area contributed by atoms with E-state index in [9.17, 15) is 9.59 Å². The quantitative estimate of drug-likeness (QED) is 0.764. The van der Waals surface area contributed by atoms with E-state index in [1.807, 2.05) is 26.0 Å². The van der Waals surface area contributed by atoms with E-state index in [1.165, 1.54) is 12.3 Å². The second kappa shape index (κ2) is 9.71. The Morgan fingerprint density at radius 1 is 1.22 bits per heavy atom. The molecule has 0 aliphatic heterocycles. The van der Waals surface area contributed by atoms with Gasteiger partial charge in [0.15, 0.2) is 0 Å². The number of ether oxygens (including phenoxy) is 1. The predicted octanol–water partition coefficient (Wildman–Crippen LogP) is 3.99. The van der Waals surface area contributed by atoms with Crippen LogP contribution in [-0.4, -0.2) is 41.4 Å². The van der Waals surface area contributed by atoms with Gasteiger partial charge in [-0.15, -0.1) is 0 Å². The molecule has 27 heavy (non-hydrogen) atoms. The van der Waals surface area contributed by atoms with E-state index in [1.54, 1.807) is 30.1 Å². The molecule has 0 spiro atoms. The Morgan fingerprint density at radius 2 is 1.96 bits per heavy atom. The van der Waals surface area contributed by atoms with Crippen LogP contribution in [-0.2, 0) is 0 Å². The molecule has 1 N–H and O–H groups in total. The number of pyridine rings is 1. The molecule has 0 saturated heterocycles. The standard InChI is InChI=1S/C21H27N3O3/c1-5-6-13-24(4)21(26)16-11-12-22-18(14-16)20(25)23-17-9-7-8-10-19(17)27-15(2)3/h7-12,14-15H,5-6,13H2,1-4H3,(H,23,25). The van der Waals surface area contributed by atoms with Crippen molar-refractivity contribution in [2.75, 3.05) is 18.9 Å². The number of hydrogen-bond donors (Lipinski definition) is 1. The number of unbranched alkanes of at least 4 members (excludes halogenated alkanes) is 1.